The molecule has 6 heteroatoms. The minimum absolute atomic E-state index is 0.185. The zero-order chi connectivity index (χ0) is 17.1. The van der Waals surface area contributed by atoms with Gasteiger partial charge in [-0.25, -0.2) is 9.67 Å². The second-order valence-corrected chi connectivity index (χ2v) is 5.73. The van der Waals surface area contributed by atoms with Crippen molar-refractivity contribution in [2.24, 2.45) is 0 Å². The summed E-state index contributed by atoms with van der Waals surface area (Å²) in [6.45, 7) is 6.62. The van der Waals surface area contributed by atoms with Crippen LogP contribution in [0.3, 0.4) is 0 Å². The summed E-state index contributed by atoms with van der Waals surface area (Å²) >= 11 is 0. The van der Waals surface area contributed by atoms with Gasteiger partial charge in [0, 0.05) is 17.0 Å². The molecule has 3 rings (SSSR count). The van der Waals surface area contributed by atoms with E-state index in [2.05, 4.69) is 29.2 Å². The molecule has 0 bridgehead atoms. The lowest BCUT2D eigenvalue weighted by molar-refractivity contribution is 0.102. The topological polar surface area (TPSA) is 69.0 Å². The van der Waals surface area contributed by atoms with Crippen LogP contribution in [-0.2, 0) is 0 Å². The fraction of sp³-hybridized carbons (Fsp3) is 0.278. The van der Waals surface area contributed by atoms with Crippen molar-refractivity contribution in [2.75, 3.05) is 11.9 Å². The van der Waals surface area contributed by atoms with Crippen LogP contribution >= 0.6 is 0 Å². The zero-order valence-electron chi connectivity index (χ0n) is 14.0. The van der Waals surface area contributed by atoms with Gasteiger partial charge in [-0.2, -0.15) is 5.10 Å². The zero-order valence-corrected chi connectivity index (χ0v) is 14.0. The molecule has 0 aliphatic heterocycles. The summed E-state index contributed by atoms with van der Waals surface area (Å²) in [4.78, 5) is 16.7. The van der Waals surface area contributed by atoms with Gasteiger partial charge in [0.05, 0.1) is 24.7 Å². The van der Waals surface area contributed by atoms with E-state index in [1.54, 1.807) is 36.7 Å². The quantitative estimate of drug-likeness (QED) is 0.777. The molecule has 0 spiro atoms. The summed E-state index contributed by atoms with van der Waals surface area (Å²) in [7, 11) is 0. The molecule has 0 radical (unpaired) electrons. The Morgan fingerprint density at radius 2 is 2.00 bits per heavy atom. The van der Waals surface area contributed by atoms with Crippen LogP contribution < -0.4 is 10.1 Å². The SMILES string of the molecule is CCOc1ccc(C(=O)Nc2cnc3c(cnn3C(C)C)c2)cc1. The summed E-state index contributed by atoms with van der Waals surface area (Å²) in [5.41, 5.74) is 2.02. The second kappa shape index (κ2) is 6.70. The Balaban J connectivity index is 1.77. The van der Waals surface area contributed by atoms with Gasteiger partial charge in [-0.1, -0.05) is 0 Å². The van der Waals surface area contributed by atoms with Crippen LogP contribution in [0.1, 0.15) is 37.2 Å². The predicted molar refractivity (Wildman–Crippen MR) is 93.5 cm³/mol. The predicted octanol–water partition coefficient (Wildman–Crippen LogP) is 3.66. The van der Waals surface area contributed by atoms with Crippen LogP contribution in [0, 0.1) is 0 Å². The molecule has 0 fully saturated rings. The van der Waals surface area contributed by atoms with Gasteiger partial charge in [0.2, 0.25) is 0 Å². The highest BCUT2D eigenvalue weighted by molar-refractivity contribution is 6.04. The fourth-order valence-electron chi connectivity index (χ4n) is 2.46. The van der Waals surface area contributed by atoms with Crippen molar-refractivity contribution in [1.29, 1.82) is 0 Å². The van der Waals surface area contributed by atoms with Gasteiger partial charge in [-0.3, -0.25) is 4.79 Å². The summed E-state index contributed by atoms with van der Waals surface area (Å²) in [6, 6.07) is 9.16. The van der Waals surface area contributed by atoms with E-state index in [-0.39, 0.29) is 11.9 Å². The molecular formula is C18H20N4O2. The van der Waals surface area contributed by atoms with Gasteiger partial charge in [0.15, 0.2) is 5.65 Å². The maximum absolute atomic E-state index is 12.3. The first-order valence-electron chi connectivity index (χ1n) is 7.96. The number of amides is 1. The third kappa shape index (κ3) is 3.22. The number of carbonyl (C=O) groups excluding carboxylic acids is 1. The van der Waals surface area contributed by atoms with Crippen LogP contribution in [0.15, 0.2) is 42.7 Å². The molecule has 24 heavy (non-hydrogen) atoms. The van der Waals surface area contributed by atoms with Crippen molar-refractivity contribution in [1.82, 2.24) is 14.8 Å². The molecule has 0 unspecified atom stereocenters. The highest BCUT2D eigenvalue weighted by Gasteiger charge is 2.10. The van der Waals surface area contributed by atoms with E-state index in [0.717, 1.165) is 16.8 Å². The smallest absolute Gasteiger partial charge is 0.255 e. The van der Waals surface area contributed by atoms with Crippen molar-refractivity contribution in [2.45, 2.75) is 26.8 Å². The normalized spacial score (nSPS) is 11.0. The molecule has 0 saturated heterocycles. The number of anilines is 1. The van der Waals surface area contributed by atoms with E-state index in [1.165, 1.54) is 0 Å². The van der Waals surface area contributed by atoms with Crippen molar-refractivity contribution >= 4 is 22.6 Å². The number of nitrogens with one attached hydrogen (secondary N) is 1. The molecule has 0 aliphatic rings. The first kappa shape index (κ1) is 16.0. The first-order valence-corrected chi connectivity index (χ1v) is 7.96. The Labute approximate surface area is 140 Å². The van der Waals surface area contributed by atoms with Gasteiger partial charge in [-0.05, 0) is 51.1 Å². The van der Waals surface area contributed by atoms with E-state index < -0.39 is 0 Å². The molecule has 1 aromatic carbocycles. The number of pyridine rings is 1. The number of hydrogen-bond donors (Lipinski definition) is 1. The molecule has 6 nitrogen and oxygen atoms in total. The second-order valence-electron chi connectivity index (χ2n) is 5.73. The summed E-state index contributed by atoms with van der Waals surface area (Å²) < 4.78 is 7.23. The Bertz CT molecular complexity index is 853. The minimum Gasteiger partial charge on any atom is -0.494 e. The molecule has 2 heterocycles. The van der Waals surface area contributed by atoms with Gasteiger partial charge in [-0.15, -0.1) is 0 Å². The maximum Gasteiger partial charge on any atom is 0.255 e. The van der Waals surface area contributed by atoms with E-state index in [4.69, 9.17) is 4.74 Å². The molecule has 1 N–H and O–H groups in total. The van der Waals surface area contributed by atoms with Crippen LogP contribution in [-0.4, -0.2) is 27.3 Å². The summed E-state index contributed by atoms with van der Waals surface area (Å²) in [6.07, 6.45) is 3.41. The largest absolute Gasteiger partial charge is 0.494 e. The van der Waals surface area contributed by atoms with Crippen LogP contribution in [0.5, 0.6) is 5.75 Å². The van der Waals surface area contributed by atoms with Gasteiger partial charge in [0.1, 0.15) is 5.75 Å². The molecule has 2 aromatic heterocycles. The molecule has 0 saturated carbocycles. The minimum atomic E-state index is -0.185. The number of fused-ring (bicyclic) bond motifs is 1. The lowest BCUT2D eigenvalue weighted by atomic mass is 10.2. The number of carbonyl (C=O) groups is 1. The van der Waals surface area contributed by atoms with Gasteiger partial charge >= 0.3 is 0 Å². The van der Waals surface area contributed by atoms with E-state index in [1.807, 2.05) is 17.7 Å². The first-order chi connectivity index (χ1) is 11.6. The van der Waals surface area contributed by atoms with E-state index >= 15 is 0 Å². The number of ether oxygens (including phenoxy) is 1. The lowest BCUT2D eigenvalue weighted by Crippen LogP contribution is -2.12. The third-order valence-corrected chi connectivity index (χ3v) is 3.61. The Morgan fingerprint density at radius 3 is 2.67 bits per heavy atom. The molecule has 124 valence electrons. The highest BCUT2D eigenvalue weighted by Crippen LogP contribution is 2.20. The Kier molecular flexibility index (Phi) is 4.46. The van der Waals surface area contributed by atoms with E-state index in [9.17, 15) is 4.79 Å². The number of rotatable bonds is 5. The van der Waals surface area contributed by atoms with Gasteiger partial charge < -0.3 is 10.1 Å². The van der Waals surface area contributed by atoms with Crippen LogP contribution in [0.2, 0.25) is 0 Å². The van der Waals surface area contributed by atoms with Crippen molar-refractivity contribution in [3.05, 3.63) is 48.3 Å². The van der Waals surface area contributed by atoms with Crippen LogP contribution in [0.25, 0.3) is 11.0 Å². The van der Waals surface area contributed by atoms with E-state index in [0.29, 0.717) is 17.9 Å². The molecule has 0 aliphatic carbocycles. The average molecular weight is 324 g/mol. The summed E-state index contributed by atoms with van der Waals surface area (Å²) in [5, 5.41) is 8.09. The lowest BCUT2D eigenvalue weighted by Gasteiger charge is -2.08. The third-order valence-electron chi connectivity index (χ3n) is 3.61. The van der Waals surface area contributed by atoms with Crippen molar-refractivity contribution in [3.8, 4) is 5.75 Å². The number of nitrogens with zero attached hydrogens (tertiary/aromatic N) is 3. The maximum atomic E-state index is 12.3. The summed E-state index contributed by atoms with van der Waals surface area (Å²) in [5.74, 6) is 0.564. The number of aromatic nitrogens is 3. The highest BCUT2D eigenvalue weighted by atomic mass is 16.5. The van der Waals surface area contributed by atoms with Crippen LogP contribution in [0.4, 0.5) is 5.69 Å². The molecular weight excluding hydrogens is 304 g/mol. The number of benzene rings is 1. The Hall–Kier alpha value is -2.89. The molecule has 3 aromatic rings. The van der Waals surface area contributed by atoms with Gasteiger partial charge in [0.25, 0.3) is 5.91 Å². The molecule has 1 amide bonds. The number of hydrogen-bond acceptors (Lipinski definition) is 4. The monoisotopic (exact) mass is 324 g/mol. The standard InChI is InChI=1S/C18H20N4O2/c1-4-24-16-7-5-13(6-8-16)18(23)21-15-9-14-10-20-22(12(2)3)17(14)19-11-15/h5-12H,4H2,1-3H3,(H,21,23). The van der Waals surface area contributed by atoms with Crippen molar-refractivity contribution in [3.63, 3.8) is 0 Å². The average Bonchev–Trinajstić information content (AvgIpc) is 2.99. The van der Waals surface area contributed by atoms with Crippen molar-refractivity contribution < 1.29 is 9.53 Å². The fourth-order valence-corrected chi connectivity index (χ4v) is 2.46. The molecule has 0 atom stereocenters. The Morgan fingerprint density at radius 1 is 1.25 bits per heavy atom.